The molecule has 0 heterocycles. The first-order valence-electron chi connectivity index (χ1n) is 6.38. The zero-order valence-electron chi connectivity index (χ0n) is 10.3. The van der Waals surface area contributed by atoms with Crippen molar-refractivity contribution in [1.29, 1.82) is 0 Å². The number of rotatable bonds is 10. The predicted molar refractivity (Wildman–Crippen MR) is 64.3 cm³/mol. The molecule has 0 saturated heterocycles. The highest BCUT2D eigenvalue weighted by Gasteiger charge is 2.20. The Labute approximate surface area is 98.1 Å². The first-order valence-corrected chi connectivity index (χ1v) is 6.38. The Hall–Kier alpha value is -0.610. The zero-order chi connectivity index (χ0) is 11.6. The second-order valence-electron chi connectivity index (χ2n) is 4.40. The Morgan fingerprint density at radius 2 is 2.19 bits per heavy atom. The molecule has 0 aliphatic heterocycles. The summed E-state index contributed by atoms with van der Waals surface area (Å²) in [5.74, 6) is 0.896. The standard InChI is InChI=1S/C12H24N2O2/c1-2-3-6-14-12(15)9-13-7-8-16-10-11-4-5-11/h11,13H,2-10H2,1H3,(H,14,15). The summed E-state index contributed by atoms with van der Waals surface area (Å²) in [4.78, 5) is 11.3. The zero-order valence-corrected chi connectivity index (χ0v) is 10.3. The molecule has 1 saturated carbocycles. The Morgan fingerprint density at radius 1 is 1.38 bits per heavy atom. The Kier molecular flexibility index (Phi) is 7.17. The van der Waals surface area contributed by atoms with E-state index in [0.29, 0.717) is 13.2 Å². The normalized spacial score (nSPS) is 15.1. The van der Waals surface area contributed by atoms with Gasteiger partial charge in [0, 0.05) is 19.7 Å². The Morgan fingerprint density at radius 3 is 2.88 bits per heavy atom. The van der Waals surface area contributed by atoms with Crippen molar-refractivity contribution in [3.63, 3.8) is 0 Å². The summed E-state index contributed by atoms with van der Waals surface area (Å²) < 4.78 is 5.44. The van der Waals surface area contributed by atoms with Crippen LogP contribution in [0.5, 0.6) is 0 Å². The van der Waals surface area contributed by atoms with Gasteiger partial charge in [0.2, 0.25) is 5.91 Å². The van der Waals surface area contributed by atoms with E-state index in [1.807, 2.05) is 0 Å². The molecule has 0 aromatic carbocycles. The summed E-state index contributed by atoms with van der Waals surface area (Å²) in [6, 6.07) is 0. The van der Waals surface area contributed by atoms with Crippen molar-refractivity contribution in [3.05, 3.63) is 0 Å². The molecule has 94 valence electrons. The molecule has 16 heavy (non-hydrogen) atoms. The number of hydrogen-bond acceptors (Lipinski definition) is 3. The van der Waals surface area contributed by atoms with Crippen molar-refractivity contribution in [2.24, 2.45) is 5.92 Å². The van der Waals surface area contributed by atoms with Crippen molar-refractivity contribution >= 4 is 5.91 Å². The molecule has 1 rings (SSSR count). The van der Waals surface area contributed by atoms with Crippen molar-refractivity contribution in [2.75, 3.05) is 32.8 Å². The number of amides is 1. The van der Waals surface area contributed by atoms with Gasteiger partial charge < -0.3 is 15.4 Å². The minimum absolute atomic E-state index is 0.0793. The highest BCUT2D eigenvalue weighted by molar-refractivity contribution is 5.77. The third-order valence-corrected chi connectivity index (χ3v) is 2.61. The van der Waals surface area contributed by atoms with Gasteiger partial charge in [-0.1, -0.05) is 13.3 Å². The van der Waals surface area contributed by atoms with Crippen molar-refractivity contribution in [1.82, 2.24) is 10.6 Å². The molecule has 1 aliphatic carbocycles. The molecule has 2 N–H and O–H groups in total. The Balaban J connectivity index is 1.76. The summed E-state index contributed by atoms with van der Waals surface area (Å²) in [5.41, 5.74) is 0. The van der Waals surface area contributed by atoms with Crippen LogP contribution in [0, 0.1) is 5.92 Å². The molecule has 1 aliphatic rings. The van der Waals surface area contributed by atoms with E-state index in [1.54, 1.807) is 0 Å². The smallest absolute Gasteiger partial charge is 0.233 e. The second-order valence-corrected chi connectivity index (χ2v) is 4.40. The third-order valence-electron chi connectivity index (χ3n) is 2.61. The number of carbonyl (C=O) groups is 1. The molecule has 0 unspecified atom stereocenters. The van der Waals surface area contributed by atoms with Gasteiger partial charge in [-0.25, -0.2) is 0 Å². The lowest BCUT2D eigenvalue weighted by molar-refractivity contribution is -0.120. The SMILES string of the molecule is CCCCNC(=O)CNCCOCC1CC1. The number of nitrogens with one attached hydrogen (secondary N) is 2. The highest BCUT2D eigenvalue weighted by Crippen LogP contribution is 2.28. The highest BCUT2D eigenvalue weighted by atomic mass is 16.5. The molecule has 0 bridgehead atoms. The number of carbonyl (C=O) groups excluding carboxylic acids is 1. The molecule has 4 heteroatoms. The number of unbranched alkanes of at least 4 members (excludes halogenated alkanes) is 1. The van der Waals surface area contributed by atoms with E-state index in [9.17, 15) is 4.79 Å². The van der Waals surface area contributed by atoms with Crippen LogP contribution >= 0.6 is 0 Å². The lowest BCUT2D eigenvalue weighted by atomic mass is 10.3. The van der Waals surface area contributed by atoms with Crippen molar-refractivity contribution in [3.8, 4) is 0 Å². The van der Waals surface area contributed by atoms with Gasteiger partial charge in [0.1, 0.15) is 0 Å². The second kappa shape index (κ2) is 8.53. The quantitative estimate of drug-likeness (QED) is 0.547. The van der Waals surface area contributed by atoms with E-state index in [1.165, 1.54) is 12.8 Å². The molecular formula is C12H24N2O2. The van der Waals surface area contributed by atoms with Crippen LogP contribution in [-0.4, -0.2) is 38.8 Å². The van der Waals surface area contributed by atoms with E-state index in [2.05, 4.69) is 17.6 Å². The fourth-order valence-corrected chi connectivity index (χ4v) is 1.35. The first-order chi connectivity index (χ1) is 7.83. The maximum Gasteiger partial charge on any atom is 0.233 e. The molecule has 1 amide bonds. The molecule has 0 atom stereocenters. The van der Waals surface area contributed by atoms with Gasteiger partial charge >= 0.3 is 0 Å². The Bertz CT molecular complexity index is 193. The van der Waals surface area contributed by atoms with E-state index >= 15 is 0 Å². The van der Waals surface area contributed by atoms with Crippen LogP contribution in [0.2, 0.25) is 0 Å². The molecule has 0 aromatic heterocycles. The van der Waals surface area contributed by atoms with E-state index in [4.69, 9.17) is 4.74 Å². The largest absolute Gasteiger partial charge is 0.380 e. The topological polar surface area (TPSA) is 50.4 Å². The van der Waals surface area contributed by atoms with Gasteiger partial charge in [0.15, 0.2) is 0 Å². The molecular weight excluding hydrogens is 204 g/mol. The molecule has 0 spiro atoms. The molecule has 4 nitrogen and oxygen atoms in total. The maximum atomic E-state index is 11.3. The summed E-state index contributed by atoms with van der Waals surface area (Å²) in [6.07, 6.45) is 4.82. The lowest BCUT2D eigenvalue weighted by Gasteiger charge is -2.06. The van der Waals surface area contributed by atoms with Crippen LogP contribution in [0.1, 0.15) is 32.6 Å². The van der Waals surface area contributed by atoms with Crippen LogP contribution in [-0.2, 0) is 9.53 Å². The van der Waals surface area contributed by atoms with Crippen LogP contribution < -0.4 is 10.6 Å². The van der Waals surface area contributed by atoms with Crippen LogP contribution in [0.15, 0.2) is 0 Å². The number of hydrogen-bond donors (Lipinski definition) is 2. The van der Waals surface area contributed by atoms with Gasteiger partial charge in [0.25, 0.3) is 0 Å². The van der Waals surface area contributed by atoms with Crippen LogP contribution in [0.4, 0.5) is 0 Å². The summed E-state index contributed by atoms with van der Waals surface area (Å²) >= 11 is 0. The number of ether oxygens (including phenoxy) is 1. The fourth-order valence-electron chi connectivity index (χ4n) is 1.35. The molecule has 0 radical (unpaired) electrons. The van der Waals surface area contributed by atoms with E-state index in [-0.39, 0.29) is 5.91 Å². The monoisotopic (exact) mass is 228 g/mol. The minimum atomic E-state index is 0.0793. The van der Waals surface area contributed by atoms with Gasteiger partial charge in [-0.15, -0.1) is 0 Å². The van der Waals surface area contributed by atoms with Crippen LogP contribution in [0.25, 0.3) is 0 Å². The molecule has 1 fully saturated rings. The summed E-state index contributed by atoms with van der Waals surface area (Å²) in [7, 11) is 0. The van der Waals surface area contributed by atoms with Gasteiger partial charge in [-0.2, -0.15) is 0 Å². The van der Waals surface area contributed by atoms with Gasteiger partial charge in [-0.3, -0.25) is 4.79 Å². The summed E-state index contributed by atoms with van der Waals surface area (Å²) in [5, 5.41) is 5.93. The van der Waals surface area contributed by atoms with Crippen molar-refractivity contribution < 1.29 is 9.53 Å². The lowest BCUT2D eigenvalue weighted by Crippen LogP contribution is -2.35. The van der Waals surface area contributed by atoms with Gasteiger partial charge in [-0.05, 0) is 25.2 Å². The summed E-state index contributed by atoms with van der Waals surface area (Å²) in [6.45, 7) is 5.66. The van der Waals surface area contributed by atoms with E-state index in [0.717, 1.165) is 38.5 Å². The predicted octanol–water partition coefficient (Wildman–Crippen LogP) is 0.919. The molecule has 0 aromatic rings. The van der Waals surface area contributed by atoms with Gasteiger partial charge in [0.05, 0.1) is 13.2 Å². The average Bonchev–Trinajstić information content (AvgIpc) is 3.07. The third kappa shape index (κ3) is 7.65. The fraction of sp³-hybridized carbons (Fsp3) is 0.917. The average molecular weight is 228 g/mol. The van der Waals surface area contributed by atoms with E-state index < -0.39 is 0 Å². The maximum absolute atomic E-state index is 11.3. The van der Waals surface area contributed by atoms with Crippen molar-refractivity contribution in [2.45, 2.75) is 32.6 Å². The first kappa shape index (κ1) is 13.5. The van der Waals surface area contributed by atoms with Crippen LogP contribution in [0.3, 0.4) is 0 Å². The minimum Gasteiger partial charge on any atom is -0.380 e.